The van der Waals surface area contributed by atoms with Crippen molar-refractivity contribution >= 4 is 23.5 Å². The molecule has 1 aliphatic heterocycles. The zero-order valence-electron chi connectivity index (χ0n) is 12.7. The molecule has 3 N–H and O–H groups in total. The molecule has 0 radical (unpaired) electrons. The highest BCUT2D eigenvalue weighted by Crippen LogP contribution is 2.16. The van der Waals surface area contributed by atoms with E-state index in [9.17, 15) is 9.59 Å². The lowest BCUT2D eigenvalue weighted by atomic mass is 9.97. The number of carbonyl (C=O) groups is 2. The summed E-state index contributed by atoms with van der Waals surface area (Å²) < 4.78 is 0. The van der Waals surface area contributed by atoms with Gasteiger partial charge >= 0.3 is 6.03 Å². The van der Waals surface area contributed by atoms with E-state index in [0.717, 1.165) is 17.9 Å². The maximum Gasteiger partial charge on any atom is 0.314 e. The summed E-state index contributed by atoms with van der Waals surface area (Å²) in [5.74, 6) is 0.271. The Balaban J connectivity index is 1.74. The SMILES string of the molecule is CC(CC(=O)NC1CCN(C(N)=O)C1)Cc1ccc(Cl)cc1. The van der Waals surface area contributed by atoms with Crippen molar-refractivity contribution in [3.05, 3.63) is 34.9 Å². The molecule has 1 aliphatic rings. The molecule has 1 fully saturated rings. The molecule has 1 heterocycles. The predicted octanol–water partition coefficient (Wildman–Crippen LogP) is 2.18. The Bertz CT molecular complexity index is 533. The quantitative estimate of drug-likeness (QED) is 0.871. The number of halogens is 1. The molecule has 0 spiro atoms. The molecule has 22 heavy (non-hydrogen) atoms. The number of nitrogens with one attached hydrogen (secondary N) is 1. The molecule has 2 rings (SSSR count). The summed E-state index contributed by atoms with van der Waals surface area (Å²) in [6.45, 7) is 3.17. The Morgan fingerprint density at radius 1 is 1.41 bits per heavy atom. The van der Waals surface area contributed by atoms with Gasteiger partial charge in [-0.05, 0) is 36.5 Å². The second-order valence-electron chi connectivity index (χ2n) is 5.98. The molecule has 6 heteroatoms. The minimum Gasteiger partial charge on any atom is -0.352 e. The number of primary amides is 1. The van der Waals surface area contributed by atoms with Gasteiger partial charge in [0.1, 0.15) is 0 Å². The number of nitrogens with two attached hydrogens (primary N) is 1. The van der Waals surface area contributed by atoms with Gasteiger partial charge in [-0.25, -0.2) is 4.79 Å². The summed E-state index contributed by atoms with van der Waals surface area (Å²) in [4.78, 5) is 24.7. The number of benzene rings is 1. The minimum atomic E-state index is -0.423. The average Bonchev–Trinajstić information content (AvgIpc) is 2.89. The summed E-state index contributed by atoms with van der Waals surface area (Å²) >= 11 is 5.86. The number of nitrogens with zero attached hydrogens (tertiary/aromatic N) is 1. The number of carbonyl (C=O) groups excluding carboxylic acids is 2. The van der Waals surface area contributed by atoms with E-state index in [1.165, 1.54) is 5.56 Å². The molecule has 1 aromatic rings. The molecular weight excluding hydrogens is 302 g/mol. The molecule has 5 nitrogen and oxygen atoms in total. The van der Waals surface area contributed by atoms with Crippen molar-refractivity contribution in [1.29, 1.82) is 0 Å². The van der Waals surface area contributed by atoms with Crippen LogP contribution in [0.15, 0.2) is 24.3 Å². The molecule has 2 atom stereocenters. The highest BCUT2D eigenvalue weighted by molar-refractivity contribution is 6.30. The van der Waals surface area contributed by atoms with E-state index in [4.69, 9.17) is 17.3 Å². The number of hydrogen-bond donors (Lipinski definition) is 2. The number of hydrogen-bond acceptors (Lipinski definition) is 2. The minimum absolute atomic E-state index is 0.0164. The highest BCUT2D eigenvalue weighted by Gasteiger charge is 2.26. The van der Waals surface area contributed by atoms with Gasteiger partial charge in [-0.15, -0.1) is 0 Å². The van der Waals surface area contributed by atoms with Gasteiger partial charge < -0.3 is 16.0 Å². The fourth-order valence-electron chi connectivity index (χ4n) is 2.78. The third kappa shape index (κ3) is 4.91. The number of urea groups is 1. The smallest absolute Gasteiger partial charge is 0.314 e. The Hall–Kier alpha value is -1.75. The van der Waals surface area contributed by atoms with Crippen LogP contribution in [0.1, 0.15) is 25.3 Å². The maximum absolute atomic E-state index is 12.1. The normalized spacial score (nSPS) is 19.0. The monoisotopic (exact) mass is 323 g/mol. The molecule has 3 amide bonds. The van der Waals surface area contributed by atoms with E-state index >= 15 is 0 Å². The Morgan fingerprint density at radius 2 is 2.09 bits per heavy atom. The molecule has 1 saturated heterocycles. The molecule has 0 aliphatic carbocycles. The summed E-state index contributed by atoms with van der Waals surface area (Å²) in [6.07, 6.45) is 2.07. The largest absolute Gasteiger partial charge is 0.352 e. The van der Waals surface area contributed by atoms with E-state index in [-0.39, 0.29) is 17.9 Å². The number of amides is 3. The topological polar surface area (TPSA) is 75.4 Å². The van der Waals surface area contributed by atoms with E-state index in [1.807, 2.05) is 24.3 Å². The van der Waals surface area contributed by atoms with Crippen molar-refractivity contribution in [1.82, 2.24) is 10.2 Å². The van der Waals surface area contributed by atoms with Crippen molar-refractivity contribution in [2.45, 2.75) is 32.2 Å². The van der Waals surface area contributed by atoms with Crippen LogP contribution in [0, 0.1) is 5.92 Å². The zero-order valence-corrected chi connectivity index (χ0v) is 13.5. The first-order valence-corrected chi connectivity index (χ1v) is 7.90. The fourth-order valence-corrected chi connectivity index (χ4v) is 2.90. The number of likely N-dealkylation sites (tertiary alicyclic amines) is 1. The van der Waals surface area contributed by atoms with Crippen LogP contribution in [-0.2, 0) is 11.2 Å². The van der Waals surface area contributed by atoms with E-state index in [0.29, 0.717) is 19.5 Å². The van der Waals surface area contributed by atoms with Gasteiger partial charge in [0, 0.05) is 30.6 Å². The van der Waals surface area contributed by atoms with Crippen LogP contribution < -0.4 is 11.1 Å². The molecule has 1 aromatic carbocycles. The van der Waals surface area contributed by atoms with Gasteiger partial charge in [0.2, 0.25) is 5.91 Å². The summed E-state index contributed by atoms with van der Waals surface area (Å²) in [7, 11) is 0. The van der Waals surface area contributed by atoms with Crippen molar-refractivity contribution < 1.29 is 9.59 Å². The second-order valence-corrected chi connectivity index (χ2v) is 6.41. The first kappa shape index (κ1) is 16.6. The lowest BCUT2D eigenvalue weighted by molar-refractivity contribution is -0.122. The zero-order chi connectivity index (χ0) is 16.1. The highest BCUT2D eigenvalue weighted by atomic mass is 35.5. The lowest BCUT2D eigenvalue weighted by Crippen LogP contribution is -2.40. The van der Waals surface area contributed by atoms with Crippen molar-refractivity contribution in [2.24, 2.45) is 11.7 Å². The first-order valence-electron chi connectivity index (χ1n) is 7.52. The van der Waals surface area contributed by atoms with Crippen LogP contribution in [0.25, 0.3) is 0 Å². The van der Waals surface area contributed by atoms with Crippen molar-refractivity contribution in [3.63, 3.8) is 0 Å². The van der Waals surface area contributed by atoms with Crippen LogP contribution in [0.4, 0.5) is 4.79 Å². The Labute approximate surface area is 135 Å². The number of rotatable bonds is 5. The molecular formula is C16H22ClN3O2. The predicted molar refractivity (Wildman–Crippen MR) is 86.6 cm³/mol. The standard InChI is InChI=1S/C16H22ClN3O2/c1-11(8-12-2-4-13(17)5-3-12)9-15(21)19-14-6-7-20(10-14)16(18)22/h2-5,11,14H,6-10H2,1H3,(H2,18,22)(H,19,21). The second kappa shape index (κ2) is 7.49. The Morgan fingerprint density at radius 3 is 2.68 bits per heavy atom. The third-order valence-corrected chi connectivity index (χ3v) is 4.15. The van der Waals surface area contributed by atoms with Crippen LogP contribution in [0.3, 0.4) is 0 Å². The summed E-state index contributed by atoms with van der Waals surface area (Å²) in [5.41, 5.74) is 6.40. The molecule has 2 unspecified atom stereocenters. The van der Waals surface area contributed by atoms with Gasteiger partial charge in [0.25, 0.3) is 0 Å². The van der Waals surface area contributed by atoms with E-state index in [1.54, 1.807) is 4.90 Å². The molecule has 0 aromatic heterocycles. The van der Waals surface area contributed by atoms with Gasteiger partial charge in [0.15, 0.2) is 0 Å². The summed E-state index contributed by atoms with van der Waals surface area (Å²) in [6, 6.07) is 7.29. The average molecular weight is 324 g/mol. The van der Waals surface area contributed by atoms with Gasteiger partial charge in [0.05, 0.1) is 0 Å². The van der Waals surface area contributed by atoms with Gasteiger partial charge in [-0.3, -0.25) is 4.79 Å². The lowest BCUT2D eigenvalue weighted by Gasteiger charge is -2.16. The summed E-state index contributed by atoms with van der Waals surface area (Å²) in [5, 5.41) is 3.70. The van der Waals surface area contributed by atoms with Crippen LogP contribution in [0.5, 0.6) is 0 Å². The Kier molecular flexibility index (Phi) is 5.66. The molecule has 0 bridgehead atoms. The van der Waals surface area contributed by atoms with E-state index < -0.39 is 6.03 Å². The van der Waals surface area contributed by atoms with E-state index in [2.05, 4.69) is 12.2 Å². The third-order valence-electron chi connectivity index (χ3n) is 3.90. The maximum atomic E-state index is 12.1. The van der Waals surface area contributed by atoms with Crippen LogP contribution in [0.2, 0.25) is 5.02 Å². The van der Waals surface area contributed by atoms with Crippen molar-refractivity contribution in [2.75, 3.05) is 13.1 Å². The van der Waals surface area contributed by atoms with Gasteiger partial charge in [-0.1, -0.05) is 30.7 Å². The van der Waals surface area contributed by atoms with Crippen molar-refractivity contribution in [3.8, 4) is 0 Å². The van der Waals surface area contributed by atoms with Gasteiger partial charge in [-0.2, -0.15) is 0 Å². The molecule has 0 saturated carbocycles. The fraction of sp³-hybridized carbons (Fsp3) is 0.500. The first-order chi connectivity index (χ1) is 10.4. The molecule has 120 valence electrons. The van der Waals surface area contributed by atoms with Crippen LogP contribution >= 0.6 is 11.6 Å². The van der Waals surface area contributed by atoms with Crippen LogP contribution in [-0.4, -0.2) is 36.0 Å².